The third kappa shape index (κ3) is 4.48. The zero-order chi connectivity index (χ0) is 24.2. The number of amides is 2. The maximum Gasteiger partial charge on any atom is 0.274 e. The molecule has 1 fully saturated rings. The molecule has 0 aliphatic carbocycles. The van der Waals surface area contributed by atoms with Gasteiger partial charge in [0.1, 0.15) is 17.1 Å². The van der Waals surface area contributed by atoms with Crippen LogP contribution in [0.2, 0.25) is 0 Å². The van der Waals surface area contributed by atoms with Gasteiger partial charge in [0, 0.05) is 50.3 Å². The first kappa shape index (κ1) is 22.3. The van der Waals surface area contributed by atoms with E-state index in [1.165, 1.54) is 18.6 Å². The van der Waals surface area contributed by atoms with E-state index in [4.69, 9.17) is 9.84 Å². The monoisotopic (exact) mass is 468 g/mol. The molecule has 0 unspecified atom stereocenters. The highest BCUT2D eigenvalue weighted by atomic mass is 16.5. The lowest BCUT2D eigenvalue weighted by Crippen LogP contribution is -2.50. The zero-order valence-corrected chi connectivity index (χ0v) is 19.2. The molecule has 0 saturated carbocycles. The standard InChI is InChI=1S/C26H24N6O3/c1-35-23-10-6-5-9-20(23)24-21(18-32(29-24)19-7-3-2-4-8-19)25(33)30-13-15-31(16-14-30)26(34)22-17-27-11-12-28-22/h2-12,17-18H,13-16H2,1H3. The molecule has 2 amide bonds. The third-order valence-corrected chi connectivity index (χ3v) is 5.96. The molecule has 0 atom stereocenters. The summed E-state index contributed by atoms with van der Waals surface area (Å²) in [4.78, 5) is 37.9. The smallest absolute Gasteiger partial charge is 0.274 e. The number of para-hydroxylation sites is 2. The van der Waals surface area contributed by atoms with Gasteiger partial charge >= 0.3 is 0 Å². The summed E-state index contributed by atoms with van der Waals surface area (Å²) in [6, 6.07) is 17.2. The Morgan fingerprint density at radius 2 is 1.54 bits per heavy atom. The van der Waals surface area contributed by atoms with Crippen LogP contribution in [0.3, 0.4) is 0 Å². The highest BCUT2D eigenvalue weighted by Gasteiger charge is 2.29. The first-order chi connectivity index (χ1) is 17.2. The number of ether oxygens (including phenoxy) is 1. The molecule has 0 N–H and O–H groups in total. The second kappa shape index (κ2) is 9.76. The third-order valence-electron chi connectivity index (χ3n) is 5.96. The molecule has 1 saturated heterocycles. The molecule has 35 heavy (non-hydrogen) atoms. The number of hydrogen-bond acceptors (Lipinski definition) is 6. The Morgan fingerprint density at radius 3 is 2.23 bits per heavy atom. The number of hydrogen-bond donors (Lipinski definition) is 0. The molecule has 0 radical (unpaired) electrons. The summed E-state index contributed by atoms with van der Waals surface area (Å²) < 4.78 is 7.26. The van der Waals surface area contributed by atoms with Gasteiger partial charge in [0.2, 0.25) is 0 Å². The van der Waals surface area contributed by atoms with Crippen LogP contribution in [0.25, 0.3) is 16.9 Å². The number of carbonyl (C=O) groups excluding carboxylic acids is 2. The highest BCUT2D eigenvalue weighted by molar-refractivity contribution is 6.01. The topological polar surface area (TPSA) is 93.5 Å². The van der Waals surface area contributed by atoms with E-state index in [0.29, 0.717) is 48.9 Å². The minimum absolute atomic E-state index is 0.139. The van der Waals surface area contributed by atoms with Gasteiger partial charge in [-0.05, 0) is 24.3 Å². The molecule has 2 aromatic heterocycles. The molecule has 0 spiro atoms. The summed E-state index contributed by atoms with van der Waals surface area (Å²) in [5, 5.41) is 4.77. The van der Waals surface area contributed by atoms with E-state index in [2.05, 4.69) is 9.97 Å². The number of benzene rings is 2. The van der Waals surface area contributed by atoms with E-state index in [1.54, 1.807) is 27.8 Å². The summed E-state index contributed by atoms with van der Waals surface area (Å²) in [7, 11) is 1.60. The molecular formula is C26H24N6O3. The van der Waals surface area contributed by atoms with Crippen molar-refractivity contribution in [2.45, 2.75) is 0 Å². The van der Waals surface area contributed by atoms with Crippen molar-refractivity contribution in [3.63, 3.8) is 0 Å². The molecule has 9 nitrogen and oxygen atoms in total. The quantitative estimate of drug-likeness (QED) is 0.447. The normalized spacial score (nSPS) is 13.5. The van der Waals surface area contributed by atoms with Crippen molar-refractivity contribution in [1.82, 2.24) is 29.5 Å². The Kier molecular flexibility index (Phi) is 6.21. The van der Waals surface area contributed by atoms with Gasteiger partial charge in [0.25, 0.3) is 11.8 Å². The summed E-state index contributed by atoms with van der Waals surface area (Å²) in [5.74, 6) is 0.316. The van der Waals surface area contributed by atoms with Crippen LogP contribution in [0, 0.1) is 0 Å². The van der Waals surface area contributed by atoms with Gasteiger partial charge in [0.15, 0.2) is 0 Å². The van der Waals surface area contributed by atoms with Gasteiger partial charge < -0.3 is 14.5 Å². The van der Waals surface area contributed by atoms with Crippen LogP contribution >= 0.6 is 0 Å². The molecule has 1 aliphatic heterocycles. The SMILES string of the molecule is COc1ccccc1-c1nn(-c2ccccc2)cc1C(=O)N1CCN(C(=O)c2cnccn2)CC1. The van der Waals surface area contributed by atoms with Crippen LogP contribution in [-0.2, 0) is 0 Å². The molecule has 0 bridgehead atoms. The molecule has 3 heterocycles. The lowest BCUT2D eigenvalue weighted by Gasteiger charge is -2.34. The number of nitrogens with zero attached hydrogens (tertiary/aromatic N) is 6. The molecule has 5 rings (SSSR count). The Labute approximate surface area is 202 Å². The van der Waals surface area contributed by atoms with Gasteiger partial charge in [-0.3, -0.25) is 14.6 Å². The number of rotatable bonds is 5. The predicted octanol–water partition coefficient (Wildman–Crippen LogP) is 2.94. The van der Waals surface area contributed by atoms with Gasteiger partial charge in [-0.1, -0.05) is 30.3 Å². The van der Waals surface area contributed by atoms with Gasteiger partial charge in [-0.2, -0.15) is 5.10 Å². The summed E-state index contributed by atoms with van der Waals surface area (Å²) >= 11 is 0. The Balaban J connectivity index is 1.42. The maximum absolute atomic E-state index is 13.7. The first-order valence-electron chi connectivity index (χ1n) is 11.3. The first-order valence-corrected chi connectivity index (χ1v) is 11.3. The van der Waals surface area contributed by atoms with E-state index in [1.807, 2.05) is 54.6 Å². The van der Waals surface area contributed by atoms with Crippen molar-refractivity contribution >= 4 is 11.8 Å². The van der Waals surface area contributed by atoms with Crippen LogP contribution in [0.5, 0.6) is 5.75 Å². The second-order valence-electron chi connectivity index (χ2n) is 8.05. The Hall–Kier alpha value is -4.53. The average Bonchev–Trinajstić information content (AvgIpc) is 3.38. The van der Waals surface area contributed by atoms with Gasteiger partial charge in [-0.25, -0.2) is 9.67 Å². The fourth-order valence-corrected chi connectivity index (χ4v) is 4.14. The van der Waals surface area contributed by atoms with E-state index < -0.39 is 0 Å². The predicted molar refractivity (Wildman–Crippen MR) is 129 cm³/mol. The zero-order valence-electron chi connectivity index (χ0n) is 19.2. The molecular weight excluding hydrogens is 444 g/mol. The Morgan fingerprint density at radius 1 is 0.857 bits per heavy atom. The van der Waals surface area contributed by atoms with Gasteiger partial charge in [-0.15, -0.1) is 0 Å². The van der Waals surface area contributed by atoms with Gasteiger partial charge in [0.05, 0.1) is 24.6 Å². The van der Waals surface area contributed by atoms with Crippen LogP contribution in [0.4, 0.5) is 0 Å². The van der Waals surface area contributed by atoms with Crippen molar-refractivity contribution in [3.05, 3.63) is 90.6 Å². The van der Waals surface area contributed by atoms with Crippen LogP contribution in [-0.4, -0.2) is 74.7 Å². The van der Waals surface area contributed by atoms with E-state index in [0.717, 1.165) is 11.3 Å². The minimum Gasteiger partial charge on any atom is -0.496 e. The largest absolute Gasteiger partial charge is 0.496 e. The number of piperazine rings is 1. The lowest BCUT2D eigenvalue weighted by atomic mass is 10.1. The molecule has 9 heteroatoms. The summed E-state index contributed by atoms with van der Waals surface area (Å²) in [6.07, 6.45) is 6.24. The van der Waals surface area contributed by atoms with E-state index >= 15 is 0 Å². The van der Waals surface area contributed by atoms with E-state index in [-0.39, 0.29) is 11.8 Å². The van der Waals surface area contributed by atoms with Crippen LogP contribution in [0.1, 0.15) is 20.8 Å². The van der Waals surface area contributed by atoms with E-state index in [9.17, 15) is 9.59 Å². The fraction of sp³-hybridized carbons (Fsp3) is 0.192. The second-order valence-corrected chi connectivity index (χ2v) is 8.05. The van der Waals surface area contributed by atoms with Crippen molar-refractivity contribution < 1.29 is 14.3 Å². The van der Waals surface area contributed by atoms with Crippen molar-refractivity contribution in [2.75, 3.05) is 33.3 Å². The molecule has 2 aromatic carbocycles. The summed E-state index contributed by atoms with van der Waals surface area (Å²) in [5.41, 5.74) is 2.92. The molecule has 1 aliphatic rings. The van der Waals surface area contributed by atoms with Crippen molar-refractivity contribution in [2.24, 2.45) is 0 Å². The fourth-order valence-electron chi connectivity index (χ4n) is 4.14. The maximum atomic E-state index is 13.7. The van der Waals surface area contributed by atoms with Crippen LogP contribution in [0.15, 0.2) is 79.4 Å². The number of aromatic nitrogens is 4. The number of carbonyl (C=O) groups is 2. The average molecular weight is 469 g/mol. The molecule has 176 valence electrons. The minimum atomic E-state index is -0.184. The van der Waals surface area contributed by atoms with Crippen LogP contribution < -0.4 is 4.74 Å². The Bertz CT molecular complexity index is 1330. The summed E-state index contributed by atoms with van der Waals surface area (Å²) in [6.45, 7) is 1.65. The highest BCUT2D eigenvalue weighted by Crippen LogP contribution is 2.32. The van der Waals surface area contributed by atoms with Crippen molar-refractivity contribution in [3.8, 4) is 22.7 Å². The molecule has 4 aromatic rings. The lowest BCUT2D eigenvalue weighted by molar-refractivity contribution is 0.0532. The van der Waals surface area contributed by atoms with Crippen molar-refractivity contribution in [1.29, 1.82) is 0 Å². The number of methoxy groups -OCH3 is 1.